The molecule has 0 aliphatic carbocycles. The van der Waals surface area contributed by atoms with Gasteiger partial charge in [0.2, 0.25) is 0 Å². The summed E-state index contributed by atoms with van der Waals surface area (Å²) in [6.07, 6.45) is 1.98. The summed E-state index contributed by atoms with van der Waals surface area (Å²) in [5, 5.41) is 12.0. The molecule has 0 radical (unpaired) electrons. The highest BCUT2D eigenvalue weighted by Gasteiger charge is 2.30. The summed E-state index contributed by atoms with van der Waals surface area (Å²) < 4.78 is 40.5. The van der Waals surface area contributed by atoms with Crippen LogP contribution >= 0.6 is 0 Å². The van der Waals surface area contributed by atoms with Crippen LogP contribution in [0.1, 0.15) is 55.4 Å². The first-order chi connectivity index (χ1) is 14.9. The lowest BCUT2D eigenvalue weighted by atomic mass is 10.1. The fourth-order valence-corrected chi connectivity index (χ4v) is 3.77. The SMILES string of the molecule is CCNC(=NCCCc1nnc2n1CCCCC2)N(C)Cc1ccc(C(F)(F)F)cc1. The molecule has 0 saturated heterocycles. The van der Waals surface area contributed by atoms with Crippen molar-refractivity contribution in [3.05, 3.63) is 47.0 Å². The number of guanidine groups is 1. The molecule has 170 valence electrons. The molecule has 1 aromatic carbocycles. The normalized spacial score (nSPS) is 14.8. The number of hydrogen-bond acceptors (Lipinski definition) is 3. The van der Waals surface area contributed by atoms with E-state index in [1.54, 1.807) is 0 Å². The second kappa shape index (κ2) is 10.6. The zero-order chi connectivity index (χ0) is 22.3. The maximum atomic E-state index is 12.7. The third kappa shape index (κ3) is 6.45. The highest BCUT2D eigenvalue weighted by Crippen LogP contribution is 2.29. The topological polar surface area (TPSA) is 58.3 Å². The lowest BCUT2D eigenvalue weighted by molar-refractivity contribution is -0.137. The van der Waals surface area contributed by atoms with Crippen LogP contribution in [0.15, 0.2) is 29.3 Å². The molecule has 0 saturated carbocycles. The van der Waals surface area contributed by atoms with E-state index in [1.165, 1.54) is 31.4 Å². The predicted octanol–water partition coefficient (Wildman–Crippen LogP) is 4.05. The van der Waals surface area contributed by atoms with Gasteiger partial charge in [0, 0.05) is 46.1 Å². The van der Waals surface area contributed by atoms with E-state index < -0.39 is 11.7 Å². The largest absolute Gasteiger partial charge is 0.416 e. The van der Waals surface area contributed by atoms with Crippen LogP contribution in [0.4, 0.5) is 13.2 Å². The van der Waals surface area contributed by atoms with Crippen molar-refractivity contribution in [2.24, 2.45) is 4.99 Å². The number of hydrogen-bond donors (Lipinski definition) is 1. The van der Waals surface area contributed by atoms with Crippen molar-refractivity contribution in [1.29, 1.82) is 0 Å². The fraction of sp³-hybridized carbons (Fsp3) is 0.591. The summed E-state index contributed by atoms with van der Waals surface area (Å²) in [6, 6.07) is 5.27. The number of nitrogens with zero attached hydrogens (tertiary/aromatic N) is 5. The number of alkyl halides is 3. The molecule has 6 nitrogen and oxygen atoms in total. The maximum absolute atomic E-state index is 12.7. The molecule has 1 N–H and O–H groups in total. The van der Waals surface area contributed by atoms with Gasteiger partial charge in [-0.3, -0.25) is 4.99 Å². The second-order valence-electron chi connectivity index (χ2n) is 7.88. The van der Waals surface area contributed by atoms with E-state index in [0.717, 1.165) is 61.1 Å². The highest BCUT2D eigenvalue weighted by molar-refractivity contribution is 5.79. The van der Waals surface area contributed by atoms with Gasteiger partial charge in [-0.15, -0.1) is 10.2 Å². The minimum absolute atomic E-state index is 0.474. The predicted molar refractivity (Wildman–Crippen MR) is 115 cm³/mol. The highest BCUT2D eigenvalue weighted by atomic mass is 19.4. The molecule has 0 atom stereocenters. The van der Waals surface area contributed by atoms with Gasteiger partial charge in [0.1, 0.15) is 11.6 Å². The molecule has 2 heterocycles. The van der Waals surface area contributed by atoms with Gasteiger partial charge >= 0.3 is 6.18 Å². The number of nitrogens with one attached hydrogen (secondary N) is 1. The van der Waals surface area contributed by atoms with E-state index in [9.17, 15) is 13.2 Å². The summed E-state index contributed by atoms with van der Waals surface area (Å²) >= 11 is 0. The summed E-state index contributed by atoms with van der Waals surface area (Å²) in [5.74, 6) is 2.87. The molecule has 9 heteroatoms. The van der Waals surface area contributed by atoms with E-state index in [-0.39, 0.29) is 0 Å². The van der Waals surface area contributed by atoms with Crippen molar-refractivity contribution < 1.29 is 13.2 Å². The molecule has 2 aromatic rings. The minimum Gasteiger partial charge on any atom is -0.357 e. The number of benzene rings is 1. The fourth-order valence-electron chi connectivity index (χ4n) is 3.77. The lowest BCUT2D eigenvalue weighted by Gasteiger charge is -2.22. The molecule has 0 unspecified atom stereocenters. The Labute approximate surface area is 181 Å². The lowest BCUT2D eigenvalue weighted by Crippen LogP contribution is -2.38. The summed E-state index contributed by atoms with van der Waals surface area (Å²) in [7, 11) is 1.89. The zero-order valence-corrected chi connectivity index (χ0v) is 18.3. The Hall–Kier alpha value is -2.58. The van der Waals surface area contributed by atoms with Crippen LogP contribution in [0.25, 0.3) is 0 Å². The number of halogens is 3. The Bertz CT molecular complexity index is 857. The minimum atomic E-state index is -4.32. The number of aryl methyl sites for hydroxylation is 2. The smallest absolute Gasteiger partial charge is 0.357 e. The maximum Gasteiger partial charge on any atom is 0.416 e. The number of aromatic nitrogens is 3. The van der Waals surface area contributed by atoms with E-state index in [1.807, 2.05) is 18.9 Å². The third-order valence-corrected chi connectivity index (χ3v) is 5.40. The average Bonchev–Trinajstić information content (AvgIpc) is 2.96. The Kier molecular flexibility index (Phi) is 7.92. The Morgan fingerprint density at radius 2 is 1.94 bits per heavy atom. The molecule has 0 bridgehead atoms. The van der Waals surface area contributed by atoms with Crippen LogP contribution in [0.5, 0.6) is 0 Å². The first-order valence-electron chi connectivity index (χ1n) is 10.9. The van der Waals surface area contributed by atoms with E-state index >= 15 is 0 Å². The van der Waals surface area contributed by atoms with Gasteiger partial charge in [-0.05, 0) is 43.9 Å². The van der Waals surface area contributed by atoms with E-state index in [4.69, 9.17) is 4.99 Å². The van der Waals surface area contributed by atoms with Crippen LogP contribution in [-0.4, -0.2) is 45.8 Å². The van der Waals surface area contributed by atoms with Gasteiger partial charge < -0.3 is 14.8 Å². The molecule has 3 rings (SSSR count). The van der Waals surface area contributed by atoms with Crippen LogP contribution in [0.2, 0.25) is 0 Å². The van der Waals surface area contributed by atoms with Crippen LogP contribution in [-0.2, 0) is 32.1 Å². The zero-order valence-electron chi connectivity index (χ0n) is 18.3. The van der Waals surface area contributed by atoms with Crippen LogP contribution in [0.3, 0.4) is 0 Å². The molecule has 0 spiro atoms. The van der Waals surface area contributed by atoms with Gasteiger partial charge in [-0.1, -0.05) is 18.6 Å². The van der Waals surface area contributed by atoms with Gasteiger partial charge in [-0.2, -0.15) is 13.2 Å². The van der Waals surface area contributed by atoms with E-state index in [2.05, 4.69) is 20.1 Å². The van der Waals surface area contributed by atoms with Crippen molar-refractivity contribution in [2.75, 3.05) is 20.1 Å². The van der Waals surface area contributed by atoms with E-state index in [0.29, 0.717) is 19.6 Å². The van der Waals surface area contributed by atoms with Crippen molar-refractivity contribution in [2.45, 2.75) is 64.7 Å². The molecule has 1 aliphatic rings. The molecule has 1 aliphatic heterocycles. The van der Waals surface area contributed by atoms with Crippen molar-refractivity contribution in [1.82, 2.24) is 25.0 Å². The Morgan fingerprint density at radius 3 is 2.65 bits per heavy atom. The summed E-state index contributed by atoms with van der Waals surface area (Å²) in [5.41, 5.74) is 0.165. The molecule has 0 fully saturated rings. The molecular weight excluding hydrogens is 405 g/mol. The molecule has 1 aromatic heterocycles. The number of aliphatic imine (C=N–C) groups is 1. The van der Waals surface area contributed by atoms with Gasteiger partial charge in [0.25, 0.3) is 0 Å². The second-order valence-corrected chi connectivity index (χ2v) is 7.88. The van der Waals surface area contributed by atoms with Crippen molar-refractivity contribution in [3.63, 3.8) is 0 Å². The third-order valence-electron chi connectivity index (χ3n) is 5.40. The van der Waals surface area contributed by atoms with Crippen LogP contribution in [0, 0.1) is 0 Å². The van der Waals surface area contributed by atoms with Crippen LogP contribution < -0.4 is 5.32 Å². The van der Waals surface area contributed by atoms with Crippen molar-refractivity contribution >= 4 is 5.96 Å². The molecule has 31 heavy (non-hydrogen) atoms. The molecular formula is C22H31F3N6. The quantitative estimate of drug-likeness (QED) is 0.404. The molecule has 0 amide bonds. The monoisotopic (exact) mass is 436 g/mol. The first-order valence-corrected chi connectivity index (χ1v) is 10.9. The summed E-state index contributed by atoms with van der Waals surface area (Å²) in [4.78, 5) is 6.62. The Morgan fingerprint density at radius 1 is 1.16 bits per heavy atom. The number of fused-ring (bicyclic) bond motifs is 1. The van der Waals surface area contributed by atoms with Gasteiger partial charge in [0.15, 0.2) is 5.96 Å². The Balaban J connectivity index is 1.55. The average molecular weight is 437 g/mol. The van der Waals surface area contributed by atoms with Crippen molar-refractivity contribution in [3.8, 4) is 0 Å². The van der Waals surface area contributed by atoms with Gasteiger partial charge in [-0.25, -0.2) is 0 Å². The standard InChI is InChI=1S/C22H31F3N6/c1-3-26-21(30(2)16-17-10-12-18(13-11-17)22(23,24)25)27-14-7-9-20-29-28-19-8-5-4-6-15-31(19)20/h10-13H,3-9,14-16H2,1-2H3,(H,26,27). The van der Waals surface area contributed by atoms with Gasteiger partial charge in [0.05, 0.1) is 5.56 Å². The number of rotatable bonds is 7. The first kappa shape index (κ1) is 23.1. The summed E-state index contributed by atoms with van der Waals surface area (Å²) in [6.45, 7) is 4.82.